The van der Waals surface area contributed by atoms with Gasteiger partial charge in [0.1, 0.15) is 21.4 Å². The molecule has 0 fully saturated rings. The van der Waals surface area contributed by atoms with Gasteiger partial charge in [0.25, 0.3) is 5.91 Å². The fraction of sp³-hybridized carbons (Fsp3) is 0.143. The second-order valence-electron chi connectivity index (χ2n) is 6.51. The maximum absolute atomic E-state index is 13.2. The third-order valence-electron chi connectivity index (χ3n) is 4.47. The Hall–Kier alpha value is -3.39. The molecular weight excluding hydrogens is 389 g/mol. The SMILES string of the molecule is Cc1nc(-c2nnn(-c3ccc(F)cc3)c2C)sc1C(=O)NCc1ccccc1. The zero-order chi connectivity index (χ0) is 20.4. The Bertz CT molecular complexity index is 1150. The normalized spacial score (nSPS) is 10.9. The van der Waals surface area contributed by atoms with Crippen molar-refractivity contribution in [3.63, 3.8) is 0 Å². The summed E-state index contributed by atoms with van der Waals surface area (Å²) >= 11 is 1.28. The monoisotopic (exact) mass is 407 g/mol. The average Bonchev–Trinajstić information content (AvgIpc) is 3.30. The number of rotatable bonds is 5. The quantitative estimate of drug-likeness (QED) is 0.541. The van der Waals surface area contributed by atoms with Crippen LogP contribution in [0.5, 0.6) is 0 Å². The molecule has 29 heavy (non-hydrogen) atoms. The zero-order valence-electron chi connectivity index (χ0n) is 15.9. The molecule has 8 heteroatoms. The van der Waals surface area contributed by atoms with E-state index in [1.54, 1.807) is 23.7 Å². The molecule has 1 N–H and O–H groups in total. The number of carbonyl (C=O) groups is 1. The van der Waals surface area contributed by atoms with E-state index in [0.717, 1.165) is 11.3 Å². The summed E-state index contributed by atoms with van der Waals surface area (Å²) in [4.78, 5) is 17.7. The van der Waals surface area contributed by atoms with Crippen molar-refractivity contribution in [2.45, 2.75) is 20.4 Å². The van der Waals surface area contributed by atoms with Crippen LogP contribution in [0.2, 0.25) is 0 Å². The molecule has 0 unspecified atom stereocenters. The Balaban J connectivity index is 1.56. The van der Waals surface area contributed by atoms with Crippen LogP contribution in [-0.2, 0) is 6.54 Å². The van der Waals surface area contributed by atoms with Crippen molar-refractivity contribution in [1.29, 1.82) is 0 Å². The van der Waals surface area contributed by atoms with Crippen LogP contribution in [0.3, 0.4) is 0 Å². The highest BCUT2D eigenvalue weighted by Gasteiger charge is 2.20. The lowest BCUT2D eigenvalue weighted by Gasteiger charge is -2.03. The third-order valence-corrected chi connectivity index (χ3v) is 5.63. The van der Waals surface area contributed by atoms with Gasteiger partial charge < -0.3 is 5.32 Å². The molecule has 0 radical (unpaired) electrons. The molecule has 0 aliphatic heterocycles. The zero-order valence-corrected chi connectivity index (χ0v) is 16.7. The number of nitrogens with zero attached hydrogens (tertiary/aromatic N) is 4. The van der Waals surface area contributed by atoms with Gasteiger partial charge in [0.2, 0.25) is 0 Å². The van der Waals surface area contributed by atoms with Crippen LogP contribution in [0.15, 0.2) is 54.6 Å². The van der Waals surface area contributed by atoms with E-state index in [1.165, 1.54) is 23.5 Å². The van der Waals surface area contributed by atoms with E-state index in [1.807, 2.05) is 37.3 Å². The van der Waals surface area contributed by atoms with Gasteiger partial charge in [-0.05, 0) is 43.7 Å². The first kappa shape index (κ1) is 18.9. The van der Waals surface area contributed by atoms with E-state index in [0.29, 0.717) is 33.5 Å². The highest BCUT2D eigenvalue weighted by atomic mass is 32.1. The van der Waals surface area contributed by atoms with E-state index in [2.05, 4.69) is 20.6 Å². The number of amides is 1. The summed E-state index contributed by atoms with van der Waals surface area (Å²) in [6.45, 7) is 4.12. The minimum atomic E-state index is -0.312. The van der Waals surface area contributed by atoms with E-state index in [4.69, 9.17) is 0 Å². The van der Waals surface area contributed by atoms with Gasteiger partial charge in [0, 0.05) is 6.54 Å². The molecule has 2 aromatic carbocycles. The van der Waals surface area contributed by atoms with Gasteiger partial charge in [-0.3, -0.25) is 4.79 Å². The summed E-state index contributed by atoms with van der Waals surface area (Å²) in [5, 5.41) is 11.9. The molecule has 0 saturated heterocycles. The Morgan fingerprint density at radius 1 is 1.10 bits per heavy atom. The van der Waals surface area contributed by atoms with Crippen LogP contribution in [0, 0.1) is 19.7 Å². The first-order chi connectivity index (χ1) is 14.0. The van der Waals surface area contributed by atoms with Gasteiger partial charge in [-0.1, -0.05) is 35.5 Å². The maximum atomic E-state index is 13.2. The Labute approximate surface area is 171 Å². The molecule has 146 valence electrons. The molecule has 1 amide bonds. The molecule has 0 saturated carbocycles. The lowest BCUT2D eigenvalue weighted by atomic mass is 10.2. The van der Waals surface area contributed by atoms with E-state index in [-0.39, 0.29) is 11.7 Å². The van der Waals surface area contributed by atoms with Gasteiger partial charge in [-0.15, -0.1) is 16.4 Å². The van der Waals surface area contributed by atoms with E-state index >= 15 is 0 Å². The second-order valence-corrected chi connectivity index (χ2v) is 7.51. The van der Waals surface area contributed by atoms with Gasteiger partial charge in [0.05, 0.1) is 17.1 Å². The molecule has 0 aliphatic carbocycles. The molecule has 0 bridgehead atoms. The second kappa shape index (κ2) is 7.92. The van der Waals surface area contributed by atoms with Crippen molar-refractivity contribution in [1.82, 2.24) is 25.3 Å². The molecule has 4 aromatic rings. The smallest absolute Gasteiger partial charge is 0.263 e. The molecule has 0 atom stereocenters. The highest BCUT2D eigenvalue weighted by molar-refractivity contribution is 7.17. The molecular formula is C21H18FN5OS. The summed E-state index contributed by atoms with van der Waals surface area (Å²) in [6, 6.07) is 15.7. The summed E-state index contributed by atoms with van der Waals surface area (Å²) in [5.41, 5.74) is 3.75. The van der Waals surface area contributed by atoms with Gasteiger partial charge in [0.15, 0.2) is 0 Å². The predicted octanol–water partition coefficient (Wildman–Crippen LogP) is 4.08. The first-order valence-electron chi connectivity index (χ1n) is 9.01. The fourth-order valence-corrected chi connectivity index (χ4v) is 3.94. The number of carbonyl (C=O) groups excluding carboxylic acids is 1. The first-order valence-corrected chi connectivity index (χ1v) is 9.83. The lowest BCUT2D eigenvalue weighted by Crippen LogP contribution is -2.22. The van der Waals surface area contributed by atoms with Crippen molar-refractivity contribution in [3.8, 4) is 16.4 Å². The van der Waals surface area contributed by atoms with E-state index in [9.17, 15) is 9.18 Å². The summed E-state index contributed by atoms with van der Waals surface area (Å²) in [7, 11) is 0. The van der Waals surface area contributed by atoms with Crippen LogP contribution >= 0.6 is 11.3 Å². The number of thiazole rings is 1. The molecule has 6 nitrogen and oxygen atoms in total. The van der Waals surface area contributed by atoms with E-state index < -0.39 is 0 Å². The number of nitrogens with one attached hydrogen (secondary N) is 1. The number of aromatic nitrogens is 4. The number of benzene rings is 2. The molecule has 0 aliphatic rings. The fourth-order valence-electron chi connectivity index (χ4n) is 2.92. The summed E-state index contributed by atoms with van der Waals surface area (Å²) in [6.07, 6.45) is 0. The largest absolute Gasteiger partial charge is 0.347 e. The number of hydrogen-bond acceptors (Lipinski definition) is 5. The van der Waals surface area contributed by atoms with Gasteiger partial charge >= 0.3 is 0 Å². The van der Waals surface area contributed by atoms with Crippen molar-refractivity contribution in [2.75, 3.05) is 0 Å². The van der Waals surface area contributed by atoms with Crippen molar-refractivity contribution < 1.29 is 9.18 Å². The Morgan fingerprint density at radius 3 is 2.55 bits per heavy atom. The molecule has 4 rings (SSSR count). The van der Waals surface area contributed by atoms with Crippen molar-refractivity contribution in [2.24, 2.45) is 0 Å². The molecule has 2 aromatic heterocycles. The number of aryl methyl sites for hydroxylation is 1. The third kappa shape index (κ3) is 3.93. The van der Waals surface area contributed by atoms with Crippen LogP contribution in [-0.4, -0.2) is 25.9 Å². The van der Waals surface area contributed by atoms with Gasteiger partial charge in [-0.2, -0.15) is 0 Å². The van der Waals surface area contributed by atoms with Crippen molar-refractivity contribution >= 4 is 17.2 Å². The van der Waals surface area contributed by atoms with Crippen LogP contribution in [0.25, 0.3) is 16.4 Å². The lowest BCUT2D eigenvalue weighted by molar-refractivity contribution is 0.0954. The minimum Gasteiger partial charge on any atom is -0.347 e. The van der Waals surface area contributed by atoms with Crippen LogP contribution in [0.1, 0.15) is 26.6 Å². The highest BCUT2D eigenvalue weighted by Crippen LogP contribution is 2.29. The average molecular weight is 407 g/mol. The summed E-state index contributed by atoms with van der Waals surface area (Å²) < 4.78 is 14.8. The number of halogens is 1. The summed E-state index contributed by atoms with van der Waals surface area (Å²) in [5.74, 6) is -0.480. The Morgan fingerprint density at radius 2 is 1.83 bits per heavy atom. The molecule has 0 spiro atoms. The standard InChI is InChI=1S/C21H18FN5OS/c1-13-19(20(28)23-12-15-6-4-3-5-7-15)29-21(24-13)18-14(2)27(26-25-18)17-10-8-16(22)9-11-17/h3-11H,12H2,1-2H3,(H,23,28). The predicted molar refractivity (Wildman–Crippen MR) is 110 cm³/mol. The minimum absolute atomic E-state index is 0.168. The van der Waals surface area contributed by atoms with Crippen molar-refractivity contribution in [3.05, 3.63) is 82.2 Å². The maximum Gasteiger partial charge on any atom is 0.263 e. The molecule has 2 heterocycles. The Kier molecular flexibility index (Phi) is 5.18. The van der Waals surface area contributed by atoms with Crippen LogP contribution in [0.4, 0.5) is 4.39 Å². The van der Waals surface area contributed by atoms with Crippen LogP contribution < -0.4 is 5.32 Å². The van der Waals surface area contributed by atoms with Gasteiger partial charge in [-0.25, -0.2) is 14.1 Å². The number of hydrogen-bond donors (Lipinski definition) is 1. The topological polar surface area (TPSA) is 72.7 Å².